The molecule has 0 saturated heterocycles. The molecule has 0 spiro atoms. The van der Waals surface area contributed by atoms with E-state index in [4.69, 9.17) is 16.7 Å². The fraction of sp³-hybridized carbons (Fsp3) is 0.250. The average Bonchev–Trinajstić information content (AvgIpc) is 3.01. The van der Waals surface area contributed by atoms with Gasteiger partial charge in [0.1, 0.15) is 6.54 Å². The SMILES string of the molecule is CC(C(=O)N(CC(=O)O)Cc1ccc(Cl)cc1)c1cccs1. The number of rotatable bonds is 6. The summed E-state index contributed by atoms with van der Waals surface area (Å²) in [5, 5.41) is 11.6. The molecule has 0 saturated carbocycles. The van der Waals surface area contributed by atoms with Crippen molar-refractivity contribution in [3.63, 3.8) is 0 Å². The summed E-state index contributed by atoms with van der Waals surface area (Å²) in [6, 6.07) is 10.8. The lowest BCUT2D eigenvalue weighted by molar-refractivity contribution is -0.145. The van der Waals surface area contributed by atoms with Crippen LogP contribution in [0.2, 0.25) is 5.02 Å². The summed E-state index contributed by atoms with van der Waals surface area (Å²) in [5.41, 5.74) is 0.845. The number of nitrogens with zero attached hydrogens (tertiary/aromatic N) is 1. The summed E-state index contributed by atoms with van der Waals surface area (Å²) in [6.45, 7) is 1.72. The van der Waals surface area contributed by atoms with Crippen LogP contribution in [-0.4, -0.2) is 28.4 Å². The second-order valence-electron chi connectivity index (χ2n) is 4.95. The molecule has 0 aliphatic heterocycles. The topological polar surface area (TPSA) is 57.6 Å². The average molecular weight is 338 g/mol. The van der Waals surface area contributed by atoms with Gasteiger partial charge in [-0.25, -0.2) is 0 Å². The Labute approximate surface area is 137 Å². The van der Waals surface area contributed by atoms with E-state index in [9.17, 15) is 9.59 Å². The van der Waals surface area contributed by atoms with Crippen LogP contribution in [0.15, 0.2) is 41.8 Å². The molecule has 22 heavy (non-hydrogen) atoms. The molecular formula is C16H16ClNO3S. The van der Waals surface area contributed by atoms with Gasteiger partial charge in [-0.05, 0) is 36.1 Å². The second kappa shape index (κ2) is 7.42. The maximum absolute atomic E-state index is 12.6. The Hall–Kier alpha value is -1.85. The summed E-state index contributed by atoms with van der Waals surface area (Å²) in [7, 11) is 0. The molecule has 1 aromatic carbocycles. The van der Waals surface area contributed by atoms with Crippen molar-refractivity contribution in [2.75, 3.05) is 6.54 Å². The van der Waals surface area contributed by atoms with Crippen LogP contribution in [0.1, 0.15) is 23.3 Å². The number of halogens is 1. The van der Waals surface area contributed by atoms with Crippen molar-refractivity contribution in [1.82, 2.24) is 4.90 Å². The van der Waals surface area contributed by atoms with Crippen LogP contribution in [0, 0.1) is 0 Å². The third-order valence-electron chi connectivity index (χ3n) is 3.26. The van der Waals surface area contributed by atoms with Gasteiger partial charge in [-0.1, -0.05) is 29.8 Å². The van der Waals surface area contributed by atoms with Crippen molar-refractivity contribution in [1.29, 1.82) is 0 Å². The van der Waals surface area contributed by atoms with Gasteiger partial charge in [0, 0.05) is 16.4 Å². The highest BCUT2D eigenvalue weighted by atomic mass is 35.5. The Balaban J connectivity index is 2.16. The molecule has 1 unspecified atom stereocenters. The number of carboxylic acids is 1. The molecular weight excluding hydrogens is 322 g/mol. The van der Waals surface area contributed by atoms with E-state index >= 15 is 0 Å². The Kier molecular flexibility index (Phi) is 5.57. The van der Waals surface area contributed by atoms with E-state index in [0.717, 1.165) is 10.4 Å². The molecule has 1 aromatic heterocycles. The first-order chi connectivity index (χ1) is 10.5. The number of hydrogen-bond donors (Lipinski definition) is 1. The minimum absolute atomic E-state index is 0.195. The number of amides is 1. The Morgan fingerprint density at radius 1 is 1.27 bits per heavy atom. The zero-order valence-corrected chi connectivity index (χ0v) is 13.6. The van der Waals surface area contributed by atoms with Crippen LogP contribution < -0.4 is 0 Å². The second-order valence-corrected chi connectivity index (χ2v) is 6.37. The van der Waals surface area contributed by atoms with Gasteiger partial charge in [0.15, 0.2) is 0 Å². The van der Waals surface area contributed by atoms with Crippen molar-refractivity contribution in [2.24, 2.45) is 0 Å². The van der Waals surface area contributed by atoms with Gasteiger partial charge in [-0.2, -0.15) is 0 Å². The van der Waals surface area contributed by atoms with Crippen LogP contribution >= 0.6 is 22.9 Å². The molecule has 2 rings (SSSR count). The number of carbonyl (C=O) groups excluding carboxylic acids is 1. The summed E-state index contributed by atoms with van der Waals surface area (Å²) in [6.07, 6.45) is 0. The number of carbonyl (C=O) groups is 2. The molecule has 1 heterocycles. The van der Waals surface area contributed by atoms with E-state index in [1.165, 1.54) is 16.2 Å². The minimum Gasteiger partial charge on any atom is -0.480 e. The van der Waals surface area contributed by atoms with Gasteiger partial charge in [0.25, 0.3) is 0 Å². The van der Waals surface area contributed by atoms with Crippen LogP contribution in [-0.2, 0) is 16.1 Å². The molecule has 0 fully saturated rings. The summed E-state index contributed by atoms with van der Waals surface area (Å²) in [5.74, 6) is -1.58. The standard InChI is InChI=1S/C16H16ClNO3S/c1-11(14-3-2-8-22-14)16(21)18(10-15(19)20)9-12-4-6-13(17)7-5-12/h2-8,11H,9-10H2,1H3,(H,19,20). The molecule has 2 aromatic rings. The van der Waals surface area contributed by atoms with Crippen LogP contribution in [0.25, 0.3) is 0 Å². The third kappa shape index (κ3) is 4.32. The predicted molar refractivity (Wildman–Crippen MR) is 87.2 cm³/mol. The van der Waals surface area contributed by atoms with E-state index < -0.39 is 5.97 Å². The molecule has 4 nitrogen and oxygen atoms in total. The first kappa shape index (κ1) is 16.5. The Morgan fingerprint density at radius 3 is 2.50 bits per heavy atom. The number of carboxylic acid groups (broad SMARTS) is 1. The lowest BCUT2D eigenvalue weighted by Crippen LogP contribution is -2.37. The molecule has 1 atom stereocenters. The Morgan fingerprint density at radius 2 is 1.95 bits per heavy atom. The summed E-state index contributed by atoms with van der Waals surface area (Å²) >= 11 is 7.33. The molecule has 1 amide bonds. The van der Waals surface area contributed by atoms with Crippen molar-refractivity contribution >= 4 is 34.8 Å². The smallest absolute Gasteiger partial charge is 0.323 e. The van der Waals surface area contributed by atoms with E-state index in [0.29, 0.717) is 5.02 Å². The van der Waals surface area contributed by atoms with Crippen LogP contribution in [0.3, 0.4) is 0 Å². The van der Waals surface area contributed by atoms with E-state index in [2.05, 4.69) is 0 Å². The van der Waals surface area contributed by atoms with Crippen molar-refractivity contribution in [3.05, 3.63) is 57.2 Å². The molecule has 0 radical (unpaired) electrons. The molecule has 0 bridgehead atoms. The van der Waals surface area contributed by atoms with Crippen LogP contribution in [0.4, 0.5) is 0 Å². The fourth-order valence-electron chi connectivity index (χ4n) is 2.12. The number of hydrogen-bond acceptors (Lipinski definition) is 3. The highest BCUT2D eigenvalue weighted by Gasteiger charge is 2.24. The molecule has 1 N–H and O–H groups in total. The zero-order chi connectivity index (χ0) is 16.1. The predicted octanol–water partition coefficient (Wildman–Crippen LogP) is 3.62. The van der Waals surface area contributed by atoms with Gasteiger partial charge < -0.3 is 10.0 Å². The zero-order valence-electron chi connectivity index (χ0n) is 12.0. The number of aliphatic carboxylic acids is 1. The van der Waals surface area contributed by atoms with Gasteiger partial charge in [-0.15, -0.1) is 11.3 Å². The first-order valence-electron chi connectivity index (χ1n) is 6.76. The quantitative estimate of drug-likeness (QED) is 0.875. The normalized spacial score (nSPS) is 11.9. The van der Waals surface area contributed by atoms with Gasteiger partial charge >= 0.3 is 5.97 Å². The first-order valence-corrected chi connectivity index (χ1v) is 8.01. The molecule has 116 valence electrons. The maximum atomic E-state index is 12.6. The lowest BCUT2D eigenvalue weighted by atomic mass is 10.1. The molecule has 6 heteroatoms. The monoisotopic (exact) mass is 337 g/mol. The minimum atomic E-state index is -1.03. The van der Waals surface area contributed by atoms with Gasteiger partial charge in [-0.3, -0.25) is 9.59 Å². The largest absolute Gasteiger partial charge is 0.480 e. The fourth-order valence-corrected chi connectivity index (χ4v) is 3.02. The molecule has 0 aliphatic carbocycles. The van der Waals surface area contributed by atoms with Crippen molar-refractivity contribution in [3.8, 4) is 0 Å². The van der Waals surface area contributed by atoms with Crippen LogP contribution in [0.5, 0.6) is 0 Å². The van der Waals surface area contributed by atoms with Gasteiger partial charge in [0.05, 0.1) is 5.92 Å². The lowest BCUT2D eigenvalue weighted by Gasteiger charge is -2.24. The molecule has 0 aliphatic rings. The van der Waals surface area contributed by atoms with E-state index in [-0.39, 0.29) is 24.9 Å². The van der Waals surface area contributed by atoms with Gasteiger partial charge in [0.2, 0.25) is 5.91 Å². The maximum Gasteiger partial charge on any atom is 0.323 e. The van der Waals surface area contributed by atoms with E-state index in [1.54, 1.807) is 31.2 Å². The van der Waals surface area contributed by atoms with Crippen molar-refractivity contribution < 1.29 is 14.7 Å². The highest BCUT2D eigenvalue weighted by molar-refractivity contribution is 7.10. The highest BCUT2D eigenvalue weighted by Crippen LogP contribution is 2.23. The summed E-state index contributed by atoms with van der Waals surface area (Å²) < 4.78 is 0. The number of benzene rings is 1. The van der Waals surface area contributed by atoms with E-state index in [1.807, 2.05) is 17.5 Å². The third-order valence-corrected chi connectivity index (χ3v) is 4.57. The number of thiophene rings is 1. The Bertz CT molecular complexity index is 640. The van der Waals surface area contributed by atoms with Crippen molar-refractivity contribution in [2.45, 2.75) is 19.4 Å². The summed E-state index contributed by atoms with van der Waals surface area (Å²) in [4.78, 5) is 25.9.